The number of hydrogen-bond acceptors (Lipinski definition) is 5. The van der Waals surface area contributed by atoms with E-state index in [1.807, 2.05) is 30.0 Å². The predicted octanol–water partition coefficient (Wildman–Crippen LogP) is 3.13. The van der Waals surface area contributed by atoms with E-state index in [0.29, 0.717) is 44.8 Å². The lowest BCUT2D eigenvalue weighted by Gasteiger charge is -2.37. The normalized spacial score (nSPS) is 28.8. The molecule has 0 radical (unpaired) electrons. The van der Waals surface area contributed by atoms with Gasteiger partial charge in [-0.15, -0.1) is 0 Å². The molecule has 1 N–H and O–H groups in total. The lowest BCUT2D eigenvalue weighted by atomic mass is 9.95. The van der Waals surface area contributed by atoms with Crippen LogP contribution < -0.4 is 0 Å². The average molecular weight is 431 g/mol. The van der Waals surface area contributed by atoms with Crippen LogP contribution in [0.1, 0.15) is 53.7 Å². The van der Waals surface area contributed by atoms with Crippen LogP contribution in [-0.4, -0.2) is 70.2 Å². The van der Waals surface area contributed by atoms with Gasteiger partial charge >= 0.3 is 0 Å². The van der Waals surface area contributed by atoms with Crippen molar-refractivity contribution in [1.29, 1.82) is 0 Å². The summed E-state index contributed by atoms with van der Waals surface area (Å²) in [5, 5.41) is 11.5. The van der Waals surface area contributed by atoms with Crippen LogP contribution in [0.5, 0.6) is 0 Å². The Labute approximate surface area is 179 Å². The fourth-order valence-corrected chi connectivity index (χ4v) is 5.22. The maximum atomic E-state index is 13.6. The van der Waals surface area contributed by atoms with Crippen LogP contribution in [0, 0.1) is 0 Å². The molecule has 0 bridgehead atoms. The summed E-state index contributed by atoms with van der Waals surface area (Å²) >= 11 is 0. The van der Waals surface area contributed by atoms with Gasteiger partial charge in [0.25, 0.3) is 11.8 Å². The van der Waals surface area contributed by atoms with Crippen molar-refractivity contribution in [3.8, 4) is 0 Å². The molecule has 2 fully saturated rings. The van der Waals surface area contributed by atoms with Gasteiger partial charge in [-0.25, -0.2) is 8.78 Å². The number of piperidine rings is 1. The first kappa shape index (κ1) is 20.7. The SMILES string of the molecule is CC1c2c(cc(CN3CCC(F)(F)CC3)c3cccnc23)C(=O)N1[C@@H]1COCC[C@@H]1O. The second-order valence-electron chi connectivity index (χ2n) is 8.92. The molecular weight excluding hydrogens is 404 g/mol. The Bertz CT molecular complexity index is 1000. The van der Waals surface area contributed by atoms with E-state index in [2.05, 4.69) is 4.98 Å². The number of fused-ring (bicyclic) bond motifs is 3. The highest BCUT2D eigenvalue weighted by Crippen LogP contribution is 2.41. The van der Waals surface area contributed by atoms with Gasteiger partial charge in [-0.05, 0) is 31.0 Å². The molecule has 3 atom stereocenters. The molecule has 5 rings (SSSR count). The number of pyridine rings is 1. The molecular formula is C23H27F2N3O3. The Balaban J connectivity index is 1.52. The second kappa shape index (κ2) is 7.76. The highest BCUT2D eigenvalue weighted by molar-refractivity contribution is 6.05. The van der Waals surface area contributed by atoms with E-state index in [4.69, 9.17) is 4.74 Å². The van der Waals surface area contributed by atoms with Crippen molar-refractivity contribution in [2.45, 2.75) is 56.8 Å². The summed E-state index contributed by atoms with van der Waals surface area (Å²) in [5.74, 6) is -2.72. The fourth-order valence-electron chi connectivity index (χ4n) is 5.22. The van der Waals surface area contributed by atoms with Gasteiger partial charge in [0, 0.05) is 61.8 Å². The Morgan fingerprint density at radius 1 is 1.32 bits per heavy atom. The third kappa shape index (κ3) is 3.60. The van der Waals surface area contributed by atoms with Crippen LogP contribution in [0.3, 0.4) is 0 Å². The van der Waals surface area contributed by atoms with Crippen molar-refractivity contribution in [2.75, 3.05) is 26.3 Å². The van der Waals surface area contributed by atoms with E-state index in [0.717, 1.165) is 22.0 Å². The van der Waals surface area contributed by atoms with E-state index in [-0.39, 0.29) is 24.8 Å². The van der Waals surface area contributed by atoms with E-state index >= 15 is 0 Å². The highest BCUT2D eigenvalue weighted by atomic mass is 19.3. The monoisotopic (exact) mass is 431 g/mol. The minimum absolute atomic E-state index is 0.129. The van der Waals surface area contributed by atoms with Crippen molar-refractivity contribution in [3.63, 3.8) is 0 Å². The third-order valence-corrected chi connectivity index (χ3v) is 6.95. The number of aliphatic hydroxyl groups excluding tert-OH is 1. The first-order chi connectivity index (χ1) is 14.9. The van der Waals surface area contributed by atoms with E-state index in [1.54, 1.807) is 11.1 Å². The molecule has 1 amide bonds. The summed E-state index contributed by atoms with van der Waals surface area (Å²) in [4.78, 5) is 21.8. The Kier molecular flexibility index (Phi) is 5.19. The first-order valence-electron chi connectivity index (χ1n) is 10.9. The molecule has 8 heteroatoms. The molecule has 1 aromatic heterocycles. The van der Waals surface area contributed by atoms with Crippen molar-refractivity contribution in [2.24, 2.45) is 0 Å². The van der Waals surface area contributed by atoms with Gasteiger partial charge in [0.05, 0.1) is 30.3 Å². The first-order valence-corrected chi connectivity index (χ1v) is 10.9. The minimum Gasteiger partial charge on any atom is -0.391 e. The number of rotatable bonds is 3. The molecule has 3 aliphatic rings. The molecule has 0 aliphatic carbocycles. The molecule has 6 nitrogen and oxygen atoms in total. The smallest absolute Gasteiger partial charge is 0.255 e. The molecule has 2 saturated heterocycles. The molecule has 31 heavy (non-hydrogen) atoms. The summed E-state index contributed by atoms with van der Waals surface area (Å²) in [6.07, 6.45) is 1.31. The largest absolute Gasteiger partial charge is 0.391 e. The Hall–Kier alpha value is -2.16. The second-order valence-corrected chi connectivity index (χ2v) is 8.92. The van der Waals surface area contributed by atoms with Gasteiger partial charge in [0.1, 0.15) is 0 Å². The maximum absolute atomic E-state index is 13.6. The summed E-state index contributed by atoms with van der Waals surface area (Å²) in [7, 11) is 0. The van der Waals surface area contributed by atoms with Crippen LogP contribution in [0.4, 0.5) is 8.78 Å². The number of ether oxygens (including phenoxy) is 1. The summed E-state index contributed by atoms with van der Waals surface area (Å²) in [6.45, 7) is 3.92. The van der Waals surface area contributed by atoms with E-state index in [9.17, 15) is 18.7 Å². The molecule has 0 spiro atoms. The molecule has 1 unspecified atom stereocenters. The molecule has 1 aromatic carbocycles. The quantitative estimate of drug-likeness (QED) is 0.809. The molecule has 3 aliphatic heterocycles. The number of alkyl halides is 2. The van der Waals surface area contributed by atoms with Gasteiger partial charge < -0.3 is 14.7 Å². The van der Waals surface area contributed by atoms with Crippen molar-refractivity contribution >= 4 is 16.8 Å². The zero-order valence-corrected chi connectivity index (χ0v) is 17.6. The van der Waals surface area contributed by atoms with Gasteiger partial charge in [-0.3, -0.25) is 14.7 Å². The summed E-state index contributed by atoms with van der Waals surface area (Å²) in [5.41, 5.74) is 3.16. The number of halogens is 2. The highest BCUT2D eigenvalue weighted by Gasteiger charge is 2.43. The van der Waals surface area contributed by atoms with Crippen molar-refractivity contribution < 1.29 is 23.4 Å². The zero-order chi connectivity index (χ0) is 21.8. The number of carbonyl (C=O) groups excluding carboxylic acids is 1. The average Bonchev–Trinajstić information content (AvgIpc) is 3.00. The third-order valence-electron chi connectivity index (χ3n) is 6.95. The number of nitrogens with zero attached hydrogens (tertiary/aromatic N) is 3. The fraction of sp³-hybridized carbons (Fsp3) is 0.565. The summed E-state index contributed by atoms with van der Waals surface area (Å²) in [6, 6.07) is 5.12. The van der Waals surface area contributed by atoms with Crippen LogP contribution in [0.25, 0.3) is 10.9 Å². The Morgan fingerprint density at radius 3 is 2.84 bits per heavy atom. The number of aliphatic hydroxyl groups is 1. The van der Waals surface area contributed by atoms with Gasteiger partial charge in [0.2, 0.25) is 0 Å². The topological polar surface area (TPSA) is 65.9 Å². The van der Waals surface area contributed by atoms with E-state index < -0.39 is 18.1 Å². The van der Waals surface area contributed by atoms with Crippen molar-refractivity contribution in [3.05, 3.63) is 41.1 Å². The van der Waals surface area contributed by atoms with Crippen LogP contribution >= 0.6 is 0 Å². The molecule has 4 heterocycles. The lowest BCUT2D eigenvalue weighted by molar-refractivity contribution is -0.0589. The minimum atomic E-state index is -2.59. The van der Waals surface area contributed by atoms with Crippen LogP contribution in [0.15, 0.2) is 24.4 Å². The zero-order valence-electron chi connectivity index (χ0n) is 17.6. The molecule has 0 saturated carbocycles. The molecule has 166 valence electrons. The van der Waals surface area contributed by atoms with Crippen LogP contribution in [0.2, 0.25) is 0 Å². The maximum Gasteiger partial charge on any atom is 0.255 e. The number of likely N-dealkylation sites (tertiary alicyclic amines) is 1. The van der Waals surface area contributed by atoms with Gasteiger partial charge in [0.15, 0.2) is 0 Å². The number of hydrogen-bond donors (Lipinski definition) is 1. The Morgan fingerprint density at radius 2 is 2.10 bits per heavy atom. The van der Waals surface area contributed by atoms with Crippen LogP contribution in [-0.2, 0) is 11.3 Å². The number of aromatic nitrogens is 1. The predicted molar refractivity (Wildman–Crippen MR) is 111 cm³/mol. The number of carbonyl (C=O) groups is 1. The number of amides is 1. The number of benzene rings is 1. The lowest BCUT2D eigenvalue weighted by Crippen LogP contribution is -2.50. The van der Waals surface area contributed by atoms with Gasteiger partial charge in [-0.2, -0.15) is 0 Å². The summed E-state index contributed by atoms with van der Waals surface area (Å²) < 4.78 is 32.7. The molecule has 2 aromatic rings. The van der Waals surface area contributed by atoms with Gasteiger partial charge in [-0.1, -0.05) is 6.07 Å². The van der Waals surface area contributed by atoms with E-state index in [1.165, 1.54) is 0 Å². The van der Waals surface area contributed by atoms with Crippen molar-refractivity contribution in [1.82, 2.24) is 14.8 Å². The standard InChI is InChI=1S/C23H27F2N3O3/c1-14-20-17(22(30)28(14)18-13-31-10-4-19(18)29)11-15(16-3-2-7-26-21(16)20)12-27-8-5-23(24,25)6-9-27/h2-3,7,11,14,18-19,29H,4-6,8-10,12-13H2,1H3/t14?,18-,19+/m1/s1.